The lowest BCUT2D eigenvalue weighted by Crippen LogP contribution is -2.18. The van der Waals surface area contributed by atoms with Crippen molar-refractivity contribution in [2.75, 3.05) is 7.11 Å². The number of rotatable bonds is 5. The fourth-order valence-electron chi connectivity index (χ4n) is 1.79. The van der Waals surface area contributed by atoms with Gasteiger partial charge < -0.3 is 15.0 Å². The molecule has 1 heterocycles. The van der Waals surface area contributed by atoms with Crippen LogP contribution in [0.1, 0.15) is 32.2 Å². The highest BCUT2D eigenvalue weighted by molar-refractivity contribution is 9.10. The van der Waals surface area contributed by atoms with Crippen molar-refractivity contribution in [1.82, 2.24) is 10.1 Å². The zero-order chi connectivity index (χ0) is 14.7. The third kappa shape index (κ3) is 3.02. The molecule has 1 aromatic carbocycles. The van der Waals surface area contributed by atoms with E-state index in [9.17, 15) is 0 Å². The summed E-state index contributed by atoms with van der Waals surface area (Å²) in [5, 5.41) is 3.99. The molecular weight excluding hydrogens is 322 g/mol. The Balaban J connectivity index is 2.26. The third-order valence-corrected chi connectivity index (χ3v) is 4.01. The van der Waals surface area contributed by atoms with Crippen LogP contribution in [0.25, 0.3) is 11.4 Å². The van der Waals surface area contributed by atoms with Crippen LogP contribution < -0.4 is 10.5 Å². The molecule has 0 aliphatic rings. The van der Waals surface area contributed by atoms with Crippen molar-refractivity contribution >= 4 is 15.9 Å². The Morgan fingerprint density at radius 3 is 2.80 bits per heavy atom. The predicted octanol–water partition coefficient (Wildman–Crippen LogP) is 3.55. The first kappa shape index (κ1) is 15.0. The average molecular weight is 340 g/mol. The van der Waals surface area contributed by atoms with Gasteiger partial charge in [0.2, 0.25) is 11.7 Å². The summed E-state index contributed by atoms with van der Waals surface area (Å²) in [7, 11) is 1.62. The number of hydrogen-bond acceptors (Lipinski definition) is 5. The van der Waals surface area contributed by atoms with Gasteiger partial charge in [-0.15, -0.1) is 0 Å². The van der Waals surface area contributed by atoms with E-state index in [1.54, 1.807) is 7.11 Å². The predicted molar refractivity (Wildman–Crippen MR) is 80.4 cm³/mol. The Bertz CT molecular complexity index is 586. The summed E-state index contributed by atoms with van der Waals surface area (Å²) in [4.78, 5) is 4.38. The first-order valence-electron chi connectivity index (χ1n) is 6.49. The quantitative estimate of drug-likeness (QED) is 0.901. The molecule has 1 aromatic heterocycles. The zero-order valence-corrected chi connectivity index (χ0v) is 13.3. The number of methoxy groups -OCH3 is 1. The second kappa shape index (κ2) is 6.37. The molecule has 0 spiro atoms. The van der Waals surface area contributed by atoms with E-state index >= 15 is 0 Å². The normalized spacial score (nSPS) is 14.1. The number of nitrogens with two attached hydrogens (primary N) is 1. The molecule has 0 saturated carbocycles. The first-order chi connectivity index (χ1) is 9.56. The van der Waals surface area contributed by atoms with Gasteiger partial charge in [0.05, 0.1) is 17.6 Å². The maximum Gasteiger partial charge on any atom is 0.244 e. The maximum absolute atomic E-state index is 6.09. The highest BCUT2D eigenvalue weighted by atomic mass is 79.9. The van der Waals surface area contributed by atoms with Gasteiger partial charge in [0.15, 0.2) is 0 Å². The smallest absolute Gasteiger partial charge is 0.244 e. The van der Waals surface area contributed by atoms with E-state index in [4.69, 9.17) is 15.0 Å². The van der Waals surface area contributed by atoms with Gasteiger partial charge in [-0.05, 0) is 40.0 Å². The number of benzene rings is 1. The van der Waals surface area contributed by atoms with E-state index in [1.807, 2.05) is 18.2 Å². The summed E-state index contributed by atoms with van der Waals surface area (Å²) >= 11 is 3.44. The van der Waals surface area contributed by atoms with Gasteiger partial charge in [-0.25, -0.2) is 0 Å². The van der Waals surface area contributed by atoms with Crippen LogP contribution in [0.4, 0.5) is 0 Å². The van der Waals surface area contributed by atoms with Crippen LogP contribution in [0.5, 0.6) is 5.75 Å². The molecule has 0 amide bonds. The first-order valence-corrected chi connectivity index (χ1v) is 7.29. The van der Waals surface area contributed by atoms with E-state index < -0.39 is 0 Å². The summed E-state index contributed by atoms with van der Waals surface area (Å²) in [6, 6.07) is 5.39. The van der Waals surface area contributed by atoms with E-state index in [0.29, 0.717) is 17.6 Å². The van der Waals surface area contributed by atoms with Crippen LogP contribution in [-0.4, -0.2) is 17.3 Å². The van der Waals surface area contributed by atoms with E-state index in [1.165, 1.54) is 0 Å². The van der Waals surface area contributed by atoms with Gasteiger partial charge in [0.25, 0.3) is 0 Å². The van der Waals surface area contributed by atoms with Gasteiger partial charge in [-0.1, -0.05) is 25.4 Å². The molecule has 0 bridgehead atoms. The molecule has 2 N–H and O–H groups in total. The van der Waals surface area contributed by atoms with Crippen LogP contribution in [0.3, 0.4) is 0 Å². The topological polar surface area (TPSA) is 74.2 Å². The summed E-state index contributed by atoms with van der Waals surface area (Å²) in [5.41, 5.74) is 6.94. The molecule has 0 aliphatic heterocycles. The molecule has 0 unspecified atom stereocenters. The fraction of sp³-hybridized carbons (Fsp3) is 0.429. The Morgan fingerprint density at radius 1 is 1.45 bits per heavy atom. The number of hydrogen-bond donors (Lipinski definition) is 1. The molecule has 2 rings (SSSR count). The van der Waals surface area contributed by atoms with Crippen molar-refractivity contribution in [2.24, 2.45) is 11.7 Å². The van der Waals surface area contributed by atoms with Crippen molar-refractivity contribution < 1.29 is 9.26 Å². The summed E-state index contributed by atoms with van der Waals surface area (Å²) in [6.45, 7) is 4.15. The van der Waals surface area contributed by atoms with E-state index in [2.05, 4.69) is 39.9 Å². The highest BCUT2D eigenvalue weighted by Gasteiger charge is 2.20. The molecule has 0 aliphatic carbocycles. The summed E-state index contributed by atoms with van der Waals surface area (Å²) in [5.74, 6) is 2.06. The molecule has 20 heavy (non-hydrogen) atoms. The standard InChI is InChI=1S/C14H18BrN3O2/c1-4-8(2)12(16)14-17-13(18-20-14)9-5-6-11(19-3)10(15)7-9/h5-8,12H,4,16H2,1-3H3/t8-,12-/m0/s1. The lowest BCUT2D eigenvalue weighted by molar-refractivity contribution is 0.312. The van der Waals surface area contributed by atoms with Crippen molar-refractivity contribution in [3.05, 3.63) is 28.6 Å². The van der Waals surface area contributed by atoms with Gasteiger partial charge in [-0.3, -0.25) is 0 Å². The molecule has 2 atom stereocenters. The van der Waals surface area contributed by atoms with Crippen LogP contribution in [0.15, 0.2) is 27.2 Å². The summed E-state index contributed by atoms with van der Waals surface area (Å²) < 4.78 is 11.3. The highest BCUT2D eigenvalue weighted by Crippen LogP contribution is 2.30. The van der Waals surface area contributed by atoms with Crippen molar-refractivity contribution in [3.8, 4) is 17.1 Å². The van der Waals surface area contributed by atoms with Gasteiger partial charge in [-0.2, -0.15) is 4.98 Å². The van der Waals surface area contributed by atoms with Crippen LogP contribution in [0, 0.1) is 5.92 Å². The largest absolute Gasteiger partial charge is 0.496 e. The number of aromatic nitrogens is 2. The minimum absolute atomic E-state index is 0.233. The number of halogens is 1. The number of ether oxygens (including phenoxy) is 1. The monoisotopic (exact) mass is 339 g/mol. The molecule has 0 saturated heterocycles. The minimum Gasteiger partial charge on any atom is -0.496 e. The molecule has 0 radical (unpaired) electrons. The van der Waals surface area contributed by atoms with Crippen molar-refractivity contribution in [1.29, 1.82) is 0 Å². The lowest BCUT2D eigenvalue weighted by Gasteiger charge is -2.12. The third-order valence-electron chi connectivity index (χ3n) is 3.39. The Labute approximate surface area is 126 Å². The maximum atomic E-state index is 6.09. The van der Waals surface area contributed by atoms with Gasteiger partial charge >= 0.3 is 0 Å². The van der Waals surface area contributed by atoms with Crippen molar-refractivity contribution in [3.63, 3.8) is 0 Å². The average Bonchev–Trinajstić information content (AvgIpc) is 2.95. The van der Waals surface area contributed by atoms with Crippen molar-refractivity contribution in [2.45, 2.75) is 26.3 Å². The van der Waals surface area contributed by atoms with E-state index in [0.717, 1.165) is 22.2 Å². The Hall–Kier alpha value is -1.40. The second-order valence-corrected chi connectivity index (χ2v) is 5.57. The molecule has 108 valence electrons. The Morgan fingerprint density at radius 2 is 2.20 bits per heavy atom. The van der Waals surface area contributed by atoms with Crippen LogP contribution in [0.2, 0.25) is 0 Å². The van der Waals surface area contributed by atoms with E-state index in [-0.39, 0.29) is 6.04 Å². The van der Waals surface area contributed by atoms with Crippen LogP contribution in [-0.2, 0) is 0 Å². The molecule has 0 fully saturated rings. The molecule has 2 aromatic rings. The molecule has 6 heteroatoms. The molecule has 5 nitrogen and oxygen atoms in total. The van der Waals surface area contributed by atoms with Crippen LogP contribution >= 0.6 is 15.9 Å². The number of nitrogens with zero attached hydrogens (tertiary/aromatic N) is 2. The fourth-order valence-corrected chi connectivity index (χ4v) is 2.33. The SMILES string of the molecule is CC[C@H](C)[C@H](N)c1nc(-c2ccc(OC)c(Br)c2)no1. The second-order valence-electron chi connectivity index (χ2n) is 4.72. The lowest BCUT2D eigenvalue weighted by atomic mass is 10.0. The Kier molecular flexibility index (Phi) is 4.77. The minimum atomic E-state index is -0.233. The molecular formula is C14H18BrN3O2. The summed E-state index contributed by atoms with van der Waals surface area (Å²) in [6.07, 6.45) is 0.965. The van der Waals surface area contributed by atoms with Gasteiger partial charge in [0.1, 0.15) is 5.75 Å². The zero-order valence-electron chi connectivity index (χ0n) is 11.8. The van der Waals surface area contributed by atoms with Gasteiger partial charge in [0, 0.05) is 5.56 Å².